The number of carbonyl (C=O) groups excluding carboxylic acids is 1. The summed E-state index contributed by atoms with van der Waals surface area (Å²) in [6.07, 6.45) is 0.913. The highest BCUT2D eigenvalue weighted by Crippen LogP contribution is 2.27. The third-order valence-corrected chi connectivity index (χ3v) is 4.65. The van der Waals surface area contributed by atoms with Crippen molar-refractivity contribution in [3.63, 3.8) is 0 Å². The van der Waals surface area contributed by atoms with Gasteiger partial charge in [0, 0.05) is 16.7 Å². The molecule has 0 aliphatic carbocycles. The lowest BCUT2D eigenvalue weighted by molar-refractivity contribution is 0.0779. The summed E-state index contributed by atoms with van der Waals surface area (Å²) in [5, 5.41) is 0. The topological polar surface area (TPSA) is 20.3 Å². The third kappa shape index (κ3) is 2.59. The molecule has 2 aromatic carbocycles. The van der Waals surface area contributed by atoms with E-state index >= 15 is 0 Å². The van der Waals surface area contributed by atoms with E-state index in [1.807, 2.05) is 17.0 Å². The van der Waals surface area contributed by atoms with Crippen LogP contribution in [0.25, 0.3) is 0 Å². The van der Waals surface area contributed by atoms with Crippen LogP contribution < -0.4 is 0 Å². The molecule has 2 nitrogen and oxygen atoms in total. The molecule has 0 bridgehead atoms. The van der Waals surface area contributed by atoms with Crippen LogP contribution in [0.15, 0.2) is 42.5 Å². The SMILES string of the molecule is Cc1ccc(CCN2Cc3cccc(I)c3C2=O)cc1. The standard InChI is InChI=1S/C17H16INO/c1-12-5-7-13(8-6-12)9-10-19-11-14-3-2-4-15(18)16(14)17(19)20/h2-8H,9-11H2,1H3. The van der Waals surface area contributed by atoms with Gasteiger partial charge in [0.25, 0.3) is 5.91 Å². The van der Waals surface area contributed by atoms with Gasteiger partial charge in [-0.25, -0.2) is 0 Å². The van der Waals surface area contributed by atoms with Crippen molar-refractivity contribution < 1.29 is 4.79 Å². The Balaban J connectivity index is 1.70. The van der Waals surface area contributed by atoms with E-state index in [1.54, 1.807) is 0 Å². The monoisotopic (exact) mass is 377 g/mol. The lowest BCUT2D eigenvalue weighted by Crippen LogP contribution is -2.26. The number of hydrogen-bond acceptors (Lipinski definition) is 1. The molecule has 3 heteroatoms. The molecule has 3 rings (SSSR count). The average Bonchev–Trinajstić information content (AvgIpc) is 2.76. The summed E-state index contributed by atoms with van der Waals surface area (Å²) < 4.78 is 1.06. The maximum absolute atomic E-state index is 12.4. The number of benzene rings is 2. The highest BCUT2D eigenvalue weighted by Gasteiger charge is 2.28. The number of hydrogen-bond donors (Lipinski definition) is 0. The van der Waals surface area contributed by atoms with Crippen molar-refractivity contribution >= 4 is 28.5 Å². The van der Waals surface area contributed by atoms with E-state index in [2.05, 4.69) is 59.8 Å². The molecule has 0 spiro atoms. The van der Waals surface area contributed by atoms with Crippen LogP contribution >= 0.6 is 22.6 Å². The fourth-order valence-corrected chi connectivity index (χ4v) is 3.36. The normalized spacial score (nSPS) is 13.7. The van der Waals surface area contributed by atoms with Gasteiger partial charge in [0.2, 0.25) is 0 Å². The highest BCUT2D eigenvalue weighted by atomic mass is 127. The van der Waals surface area contributed by atoms with E-state index in [-0.39, 0.29) is 5.91 Å². The second-order valence-corrected chi connectivity index (χ2v) is 6.40. The highest BCUT2D eigenvalue weighted by molar-refractivity contribution is 14.1. The first-order chi connectivity index (χ1) is 9.65. The smallest absolute Gasteiger partial charge is 0.255 e. The van der Waals surface area contributed by atoms with E-state index in [1.165, 1.54) is 11.1 Å². The van der Waals surface area contributed by atoms with Crippen LogP contribution in [0.5, 0.6) is 0 Å². The van der Waals surface area contributed by atoms with Crippen LogP contribution in [0.2, 0.25) is 0 Å². The Bertz CT molecular complexity index is 649. The van der Waals surface area contributed by atoms with Crippen molar-refractivity contribution in [1.29, 1.82) is 0 Å². The Hall–Kier alpha value is -1.36. The van der Waals surface area contributed by atoms with E-state index in [9.17, 15) is 4.79 Å². The van der Waals surface area contributed by atoms with E-state index < -0.39 is 0 Å². The van der Waals surface area contributed by atoms with Crippen LogP contribution in [0.4, 0.5) is 0 Å². The minimum atomic E-state index is 0.178. The first kappa shape index (κ1) is 13.6. The van der Waals surface area contributed by atoms with Gasteiger partial charge in [-0.1, -0.05) is 42.0 Å². The van der Waals surface area contributed by atoms with Crippen molar-refractivity contribution in [2.75, 3.05) is 6.54 Å². The van der Waals surface area contributed by atoms with Gasteiger partial charge >= 0.3 is 0 Å². The van der Waals surface area contributed by atoms with Gasteiger partial charge < -0.3 is 4.90 Å². The fraction of sp³-hybridized carbons (Fsp3) is 0.235. The number of nitrogens with zero attached hydrogens (tertiary/aromatic N) is 1. The molecule has 0 unspecified atom stereocenters. The summed E-state index contributed by atoms with van der Waals surface area (Å²) in [6.45, 7) is 3.62. The van der Waals surface area contributed by atoms with E-state index in [4.69, 9.17) is 0 Å². The molecule has 20 heavy (non-hydrogen) atoms. The predicted octanol–water partition coefficient (Wildman–Crippen LogP) is 3.80. The van der Waals surface area contributed by atoms with Gasteiger partial charge in [0.15, 0.2) is 0 Å². The van der Waals surface area contributed by atoms with Gasteiger partial charge in [-0.2, -0.15) is 0 Å². The lowest BCUT2D eigenvalue weighted by atomic mass is 10.1. The van der Waals surface area contributed by atoms with Crippen LogP contribution in [0.3, 0.4) is 0 Å². The molecule has 0 N–H and O–H groups in total. The Morgan fingerprint density at radius 1 is 1.15 bits per heavy atom. The zero-order valence-corrected chi connectivity index (χ0v) is 13.6. The molecule has 1 aliphatic heterocycles. The molecule has 102 valence electrons. The molecule has 0 fully saturated rings. The Labute approximate surface area is 132 Å². The maximum atomic E-state index is 12.4. The molecular weight excluding hydrogens is 361 g/mol. The lowest BCUT2D eigenvalue weighted by Gasteiger charge is -2.15. The maximum Gasteiger partial charge on any atom is 0.255 e. The summed E-state index contributed by atoms with van der Waals surface area (Å²) in [6, 6.07) is 14.6. The first-order valence-corrected chi connectivity index (χ1v) is 7.85. The van der Waals surface area contributed by atoms with Crippen LogP contribution in [-0.4, -0.2) is 17.4 Å². The quantitative estimate of drug-likeness (QED) is 0.746. The summed E-state index contributed by atoms with van der Waals surface area (Å²) in [5.41, 5.74) is 4.62. The molecule has 1 heterocycles. The van der Waals surface area contributed by atoms with Crippen molar-refractivity contribution in [3.05, 3.63) is 68.3 Å². The number of fused-ring (bicyclic) bond motifs is 1. The van der Waals surface area contributed by atoms with Gasteiger partial charge in [0.05, 0.1) is 5.56 Å². The van der Waals surface area contributed by atoms with Gasteiger partial charge in [-0.15, -0.1) is 0 Å². The number of carbonyl (C=O) groups is 1. The molecular formula is C17H16INO. The molecule has 0 saturated heterocycles. The third-order valence-electron chi connectivity index (χ3n) is 3.75. The largest absolute Gasteiger partial charge is 0.334 e. The second-order valence-electron chi connectivity index (χ2n) is 5.24. The summed E-state index contributed by atoms with van der Waals surface area (Å²) in [4.78, 5) is 14.4. The molecule has 1 aliphatic rings. The molecule has 0 saturated carbocycles. The molecule has 2 aromatic rings. The van der Waals surface area contributed by atoms with Crippen LogP contribution in [0.1, 0.15) is 27.0 Å². The summed E-state index contributed by atoms with van der Waals surface area (Å²) in [5.74, 6) is 0.178. The second kappa shape index (κ2) is 5.56. The average molecular weight is 377 g/mol. The first-order valence-electron chi connectivity index (χ1n) is 6.77. The number of aryl methyl sites for hydroxylation is 1. The Morgan fingerprint density at radius 3 is 2.60 bits per heavy atom. The van der Waals surface area contributed by atoms with Crippen molar-refractivity contribution in [2.24, 2.45) is 0 Å². The molecule has 1 amide bonds. The zero-order chi connectivity index (χ0) is 14.1. The minimum absolute atomic E-state index is 0.178. The zero-order valence-electron chi connectivity index (χ0n) is 11.4. The molecule has 0 radical (unpaired) electrons. The minimum Gasteiger partial charge on any atom is -0.334 e. The van der Waals surface area contributed by atoms with Crippen molar-refractivity contribution in [3.8, 4) is 0 Å². The van der Waals surface area contributed by atoms with Gasteiger partial charge in [-0.05, 0) is 53.1 Å². The van der Waals surface area contributed by atoms with Gasteiger partial charge in [-0.3, -0.25) is 4.79 Å². The molecule has 0 atom stereocenters. The summed E-state index contributed by atoms with van der Waals surface area (Å²) in [7, 11) is 0. The number of amides is 1. The Kier molecular flexibility index (Phi) is 3.78. The summed E-state index contributed by atoms with van der Waals surface area (Å²) >= 11 is 2.25. The van der Waals surface area contributed by atoms with Gasteiger partial charge in [0.1, 0.15) is 0 Å². The van der Waals surface area contributed by atoms with E-state index in [0.717, 1.165) is 34.2 Å². The van der Waals surface area contributed by atoms with Crippen molar-refractivity contribution in [2.45, 2.75) is 19.9 Å². The predicted molar refractivity (Wildman–Crippen MR) is 88.8 cm³/mol. The fourth-order valence-electron chi connectivity index (χ4n) is 2.58. The van der Waals surface area contributed by atoms with E-state index in [0.29, 0.717) is 0 Å². The number of rotatable bonds is 3. The van der Waals surface area contributed by atoms with Crippen LogP contribution in [0, 0.1) is 10.5 Å². The number of halogens is 1. The van der Waals surface area contributed by atoms with Crippen LogP contribution in [-0.2, 0) is 13.0 Å². The Morgan fingerprint density at radius 2 is 1.90 bits per heavy atom. The van der Waals surface area contributed by atoms with Crippen molar-refractivity contribution in [1.82, 2.24) is 4.90 Å². The molecule has 0 aromatic heterocycles.